The van der Waals surface area contributed by atoms with Crippen LogP contribution in [0.1, 0.15) is 24.4 Å². The van der Waals surface area contributed by atoms with Gasteiger partial charge in [-0.05, 0) is 20.9 Å². The van der Waals surface area contributed by atoms with E-state index in [1.165, 1.54) is 11.1 Å². The van der Waals surface area contributed by atoms with Gasteiger partial charge in [0, 0.05) is 18.8 Å². The van der Waals surface area contributed by atoms with Crippen molar-refractivity contribution >= 4 is 0 Å². The molecule has 3 heteroatoms. The number of aromatic nitrogens is 2. The van der Waals surface area contributed by atoms with Gasteiger partial charge in [-0.1, -0.05) is 29.8 Å². The van der Waals surface area contributed by atoms with Gasteiger partial charge < -0.3 is 9.88 Å². The molecule has 0 spiro atoms. The van der Waals surface area contributed by atoms with Crippen LogP contribution in [0, 0.1) is 6.92 Å². The molecule has 17 heavy (non-hydrogen) atoms. The van der Waals surface area contributed by atoms with Gasteiger partial charge in [-0.3, -0.25) is 0 Å². The molecule has 1 unspecified atom stereocenters. The molecule has 1 N–H and O–H groups in total. The minimum Gasteiger partial charge on any atom is -0.336 e. The zero-order chi connectivity index (χ0) is 12.4. The first kappa shape index (κ1) is 11.9. The number of aryl methyl sites for hydroxylation is 2. The third-order valence-corrected chi connectivity index (χ3v) is 3.08. The fourth-order valence-corrected chi connectivity index (χ4v) is 1.88. The summed E-state index contributed by atoms with van der Waals surface area (Å²) in [5.74, 6) is 1.06. The number of benzene rings is 1. The standard InChI is InChI=1S/C14H19N3/c1-10-5-7-12(8-6-10)13-9-17(4)14(16-13)11(2)15-3/h5-9,11,15H,1-4H3. The lowest BCUT2D eigenvalue weighted by atomic mass is 10.1. The Morgan fingerprint density at radius 1 is 1.24 bits per heavy atom. The molecule has 90 valence electrons. The van der Waals surface area contributed by atoms with Gasteiger partial charge in [0.15, 0.2) is 0 Å². The Bertz CT molecular complexity index is 497. The van der Waals surface area contributed by atoms with Crippen LogP contribution in [0.2, 0.25) is 0 Å². The molecule has 0 fully saturated rings. The summed E-state index contributed by atoms with van der Waals surface area (Å²) in [4.78, 5) is 4.68. The maximum Gasteiger partial charge on any atom is 0.126 e. The summed E-state index contributed by atoms with van der Waals surface area (Å²) in [5, 5.41) is 3.21. The van der Waals surface area contributed by atoms with Crippen LogP contribution < -0.4 is 5.32 Å². The highest BCUT2D eigenvalue weighted by Gasteiger charge is 2.11. The maximum absolute atomic E-state index is 4.68. The van der Waals surface area contributed by atoms with E-state index >= 15 is 0 Å². The van der Waals surface area contributed by atoms with Crippen molar-refractivity contribution in [1.82, 2.24) is 14.9 Å². The molecule has 1 heterocycles. The molecule has 0 saturated heterocycles. The van der Waals surface area contributed by atoms with Crippen molar-refractivity contribution in [2.75, 3.05) is 7.05 Å². The Kier molecular flexibility index (Phi) is 3.29. The lowest BCUT2D eigenvalue weighted by Gasteiger charge is -2.08. The zero-order valence-corrected chi connectivity index (χ0v) is 10.9. The van der Waals surface area contributed by atoms with Crippen molar-refractivity contribution in [3.8, 4) is 11.3 Å². The Morgan fingerprint density at radius 2 is 1.88 bits per heavy atom. The first-order valence-corrected chi connectivity index (χ1v) is 5.89. The van der Waals surface area contributed by atoms with E-state index in [0.717, 1.165) is 11.5 Å². The Balaban J connectivity index is 2.37. The Labute approximate surface area is 103 Å². The summed E-state index contributed by atoms with van der Waals surface area (Å²) < 4.78 is 2.08. The maximum atomic E-state index is 4.68. The Morgan fingerprint density at radius 3 is 2.47 bits per heavy atom. The molecular weight excluding hydrogens is 210 g/mol. The van der Waals surface area contributed by atoms with Gasteiger partial charge in [-0.15, -0.1) is 0 Å². The second-order valence-electron chi connectivity index (χ2n) is 4.47. The highest BCUT2D eigenvalue weighted by Crippen LogP contribution is 2.21. The zero-order valence-electron chi connectivity index (χ0n) is 10.9. The normalized spacial score (nSPS) is 12.7. The van der Waals surface area contributed by atoms with Crippen LogP contribution in [0.25, 0.3) is 11.3 Å². The summed E-state index contributed by atoms with van der Waals surface area (Å²) >= 11 is 0. The van der Waals surface area contributed by atoms with Gasteiger partial charge in [0.2, 0.25) is 0 Å². The first-order valence-electron chi connectivity index (χ1n) is 5.89. The highest BCUT2D eigenvalue weighted by molar-refractivity contribution is 5.59. The van der Waals surface area contributed by atoms with E-state index in [4.69, 9.17) is 0 Å². The molecule has 3 nitrogen and oxygen atoms in total. The topological polar surface area (TPSA) is 29.9 Å². The fourth-order valence-electron chi connectivity index (χ4n) is 1.88. The molecule has 2 aromatic rings. The number of imidazole rings is 1. The molecule has 0 aliphatic rings. The van der Waals surface area contributed by atoms with E-state index in [0.29, 0.717) is 0 Å². The molecule has 1 aromatic carbocycles. The van der Waals surface area contributed by atoms with Crippen LogP contribution in [0.4, 0.5) is 0 Å². The Hall–Kier alpha value is -1.61. The highest BCUT2D eigenvalue weighted by atomic mass is 15.1. The second kappa shape index (κ2) is 4.72. The smallest absolute Gasteiger partial charge is 0.126 e. The average Bonchev–Trinajstić information content (AvgIpc) is 2.71. The first-order chi connectivity index (χ1) is 8.11. The van der Waals surface area contributed by atoms with Crippen molar-refractivity contribution in [3.63, 3.8) is 0 Å². The quantitative estimate of drug-likeness (QED) is 0.877. The number of nitrogens with zero attached hydrogens (tertiary/aromatic N) is 2. The molecule has 1 aromatic heterocycles. The largest absolute Gasteiger partial charge is 0.336 e. The molecule has 0 aliphatic carbocycles. The molecule has 0 amide bonds. The predicted molar refractivity (Wildman–Crippen MR) is 70.9 cm³/mol. The van der Waals surface area contributed by atoms with Crippen LogP contribution in [0.5, 0.6) is 0 Å². The van der Waals surface area contributed by atoms with Crippen LogP contribution >= 0.6 is 0 Å². The van der Waals surface area contributed by atoms with Crippen molar-refractivity contribution < 1.29 is 0 Å². The predicted octanol–water partition coefficient (Wildman–Crippen LogP) is 2.68. The summed E-state index contributed by atoms with van der Waals surface area (Å²) in [6.07, 6.45) is 2.08. The minimum absolute atomic E-state index is 0.263. The van der Waals surface area contributed by atoms with E-state index in [2.05, 4.69) is 59.2 Å². The third kappa shape index (κ3) is 2.39. The van der Waals surface area contributed by atoms with Crippen molar-refractivity contribution in [2.45, 2.75) is 19.9 Å². The molecule has 0 radical (unpaired) electrons. The van der Waals surface area contributed by atoms with Gasteiger partial charge in [-0.2, -0.15) is 0 Å². The van der Waals surface area contributed by atoms with Gasteiger partial charge in [-0.25, -0.2) is 4.98 Å². The number of hydrogen-bond donors (Lipinski definition) is 1. The average molecular weight is 229 g/mol. The van der Waals surface area contributed by atoms with Crippen LogP contribution in [0.3, 0.4) is 0 Å². The van der Waals surface area contributed by atoms with Gasteiger partial charge in [0.25, 0.3) is 0 Å². The van der Waals surface area contributed by atoms with Crippen molar-refractivity contribution in [2.24, 2.45) is 7.05 Å². The SMILES string of the molecule is CNC(C)c1nc(-c2ccc(C)cc2)cn1C. The lowest BCUT2D eigenvalue weighted by molar-refractivity contribution is 0.585. The molecule has 0 saturated carbocycles. The summed E-state index contributed by atoms with van der Waals surface area (Å²) in [6, 6.07) is 8.73. The number of hydrogen-bond acceptors (Lipinski definition) is 2. The number of rotatable bonds is 3. The summed E-state index contributed by atoms with van der Waals surface area (Å²) in [7, 11) is 3.98. The molecule has 0 aliphatic heterocycles. The lowest BCUT2D eigenvalue weighted by Crippen LogP contribution is -2.16. The monoisotopic (exact) mass is 229 g/mol. The van der Waals surface area contributed by atoms with E-state index in [1.807, 2.05) is 14.1 Å². The van der Waals surface area contributed by atoms with E-state index in [1.54, 1.807) is 0 Å². The summed E-state index contributed by atoms with van der Waals surface area (Å²) in [6.45, 7) is 4.21. The molecule has 2 rings (SSSR count). The van der Waals surface area contributed by atoms with Gasteiger partial charge in [0.05, 0.1) is 11.7 Å². The third-order valence-electron chi connectivity index (χ3n) is 3.08. The molecular formula is C14H19N3. The van der Waals surface area contributed by atoms with Crippen LogP contribution in [-0.2, 0) is 7.05 Å². The van der Waals surface area contributed by atoms with Crippen LogP contribution in [0.15, 0.2) is 30.5 Å². The van der Waals surface area contributed by atoms with E-state index in [9.17, 15) is 0 Å². The summed E-state index contributed by atoms with van der Waals surface area (Å²) in [5.41, 5.74) is 3.47. The van der Waals surface area contributed by atoms with E-state index in [-0.39, 0.29) is 6.04 Å². The minimum atomic E-state index is 0.263. The fraction of sp³-hybridized carbons (Fsp3) is 0.357. The van der Waals surface area contributed by atoms with Crippen molar-refractivity contribution in [1.29, 1.82) is 0 Å². The molecule has 0 bridgehead atoms. The van der Waals surface area contributed by atoms with Gasteiger partial charge in [0.1, 0.15) is 5.82 Å². The van der Waals surface area contributed by atoms with Crippen molar-refractivity contribution in [3.05, 3.63) is 41.9 Å². The van der Waals surface area contributed by atoms with Gasteiger partial charge >= 0.3 is 0 Å². The molecule has 1 atom stereocenters. The van der Waals surface area contributed by atoms with Crippen LogP contribution in [-0.4, -0.2) is 16.6 Å². The second-order valence-corrected chi connectivity index (χ2v) is 4.47. The van der Waals surface area contributed by atoms with E-state index < -0.39 is 0 Å². The number of nitrogens with one attached hydrogen (secondary N) is 1.